The van der Waals surface area contributed by atoms with Crippen molar-refractivity contribution in [2.24, 2.45) is 0 Å². The van der Waals surface area contributed by atoms with E-state index in [9.17, 15) is 0 Å². The molecule has 0 amide bonds. The summed E-state index contributed by atoms with van der Waals surface area (Å²) >= 11 is 0. The Morgan fingerprint density at radius 2 is 2.00 bits per heavy atom. The molecule has 0 saturated heterocycles. The highest BCUT2D eigenvalue weighted by Crippen LogP contribution is 2.09. The molecule has 0 bridgehead atoms. The molecule has 0 aliphatic rings. The van der Waals surface area contributed by atoms with Gasteiger partial charge in [0.25, 0.3) is 0 Å². The van der Waals surface area contributed by atoms with Gasteiger partial charge in [0.1, 0.15) is 5.82 Å². The average Bonchev–Trinajstić information content (AvgIpc) is 2.21. The topological polar surface area (TPSA) is 37.8 Å². The van der Waals surface area contributed by atoms with Crippen LogP contribution in [0.1, 0.15) is 38.6 Å². The maximum Gasteiger partial charge on any atom is 0.145 e. The lowest BCUT2D eigenvalue weighted by Gasteiger charge is -2.14. The summed E-state index contributed by atoms with van der Waals surface area (Å²) in [6.07, 6.45) is 5.75. The molecule has 1 unspecified atom stereocenters. The van der Waals surface area contributed by atoms with E-state index in [0.29, 0.717) is 6.04 Å². The highest BCUT2D eigenvalue weighted by atomic mass is 15.0. The van der Waals surface area contributed by atoms with Gasteiger partial charge in [0.05, 0.1) is 6.04 Å². The fourth-order valence-corrected chi connectivity index (χ4v) is 1.23. The van der Waals surface area contributed by atoms with Crippen LogP contribution in [0.2, 0.25) is 0 Å². The van der Waals surface area contributed by atoms with Crippen molar-refractivity contribution < 1.29 is 0 Å². The summed E-state index contributed by atoms with van der Waals surface area (Å²) in [7, 11) is 0. The Balaban J connectivity index is 2.56. The van der Waals surface area contributed by atoms with Gasteiger partial charge < -0.3 is 5.32 Å². The molecule has 1 N–H and O–H groups in total. The van der Waals surface area contributed by atoms with Crippen molar-refractivity contribution in [3.63, 3.8) is 0 Å². The third-order valence-corrected chi connectivity index (χ3v) is 1.95. The van der Waals surface area contributed by atoms with Gasteiger partial charge in [0.2, 0.25) is 0 Å². The van der Waals surface area contributed by atoms with Gasteiger partial charge in [-0.25, -0.2) is 9.97 Å². The first-order valence-corrected chi connectivity index (χ1v) is 4.88. The minimum absolute atomic E-state index is 0.307. The highest BCUT2D eigenvalue weighted by Gasteiger charge is 2.09. The van der Waals surface area contributed by atoms with E-state index < -0.39 is 0 Å². The van der Waals surface area contributed by atoms with Gasteiger partial charge >= 0.3 is 0 Å². The van der Waals surface area contributed by atoms with Crippen molar-refractivity contribution in [2.45, 2.75) is 32.7 Å². The zero-order valence-electron chi connectivity index (χ0n) is 8.33. The van der Waals surface area contributed by atoms with Crippen LogP contribution in [0.4, 0.5) is 0 Å². The van der Waals surface area contributed by atoms with E-state index in [-0.39, 0.29) is 0 Å². The summed E-state index contributed by atoms with van der Waals surface area (Å²) in [6, 6.07) is 2.15. The molecule has 0 fully saturated rings. The summed E-state index contributed by atoms with van der Waals surface area (Å²) in [5.41, 5.74) is 0. The van der Waals surface area contributed by atoms with Crippen molar-refractivity contribution in [1.29, 1.82) is 0 Å². The zero-order chi connectivity index (χ0) is 9.52. The van der Waals surface area contributed by atoms with Crippen LogP contribution in [0, 0.1) is 0 Å². The number of nitrogens with zero attached hydrogens (tertiary/aromatic N) is 2. The molecule has 0 saturated carbocycles. The molecule has 0 spiro atoms. The predicted octanol–water partition coefficient (Wildman–Crippen LogP) is 1.93. The van der Waals surface area contributed by atoms with E-state index >= 15 is 0 Å². The van der Waals surface area contributed by atoms with Crippen molar-refractivity contribution in [2.75, 3.05) is 6.54 Å². The van der Waals surface area contributed by atoms with E-state index in [4.69, 9.17) is 0 Å². The quantitative estimate of drug-likeness (QED) is 0.750. The van der Waals surface area contributed by atoms with Crippen LogP contribution in [0.5, 0.6) is 0 Å². The molecule has 0 aliphatic heterocycles. The van der Waals surface area contributed by atoms with E-state index in [0.717, 1.165) is 25.2 Å². The van der Waals surface area contributed by atoms with Crippen LogP contribution in [-0.2, 0) is 0 Å². The SMILES string of the molecule is CCCNC(CC)c1ncccn1. The summed E-state index contributed by atoms with van der Waals surface area (Å²) in [5.74, 6) is 0.901. The maximum absolute atomic E-state index is 4.23. The molecule has 0 aliphatic carbocycles. The molecule has 13 heavy (non-hydrogen) atoms. The van der Waals surface area contributed by atoms with Crippen LogP contribution in [0.3, 0.4) is 0 Å². The minimum Gasteiger partial charge on any atom is -0.307 e. The number of hydrogen-bond acceptors (Lipinski definition) is 3. The van der Waals surface area contributed by atoms with Gasteiger partial charge in [-0.1, -0.05) is 13.8 Å². The van der Waals surface area contributed by atoms with Gasteiger partial charge in [0.15, 0.2) is 0 Å². The molecule has 1 aromatic heterocycles. The van der Waals surface area contributed by atoms with E-state index in [1.165, 1.54) is 0 Å². The van der Waals surface area contributed by atoms with Crippen LogP contribution < -0.4 is 5.32 Å². The Morgan fingerprint density at radius 1 is 1.31 bits per heavy atom. The van der Waals surface area contributed by atoms with Crippen LogP contribution in [-0.4, -0.2) is 16.5 Å². The zero-order valence-corrected chi connectivity index (χ0v) is 8.33. The van der Waals surface area contributed by atoms with Gasteiger partial charge in [-0.3, -0.25) is 0 Å². The number of rotatable bonds is 5. The van der Waals surface area contributed by atoms with Crippen LogP contribution >= 0.6 is 0 Å². The van der Waals surface area contributed by atoms with Crippen molar-refractivity contribution >= 4 is 0 Å². The second-order valence-corrected chi connectivity index (χ2v) is 3.02. The second kappa shape index (κ2) is 5.65. The number of nitrogens with one attached hydrogen (secondary N) is 1. The van der Waals surface area contributed by atoms with Gasteiger partial charge in [-0.15, -0.1) is 0 Å². The van der Waals surface area contributed by atoms with Crippen molar-refractivity contribution in [3.05, 3.63) is 24.3 Å². The van der Waals surface area contributed by atoms with Crippen molar-refractivity contribution in [3.8, 4) is 0 Å². The molecule has 0 radical (unpaired) electrons. The molecule has 3 heteroatoms. The monoisotopic (exact) mass is 179 g/mol. The molecule has 0 aromatic carbocycles. The van der Waals surface area contributed by atoms with E-state index in [2.05, 4.69) is 29.1 Å². The third kappa shape index (κ3) is 3.11. The summed E-state index contributed by atoms with van der Waals surface area (Å²) in [4.78, 5) is 8.46. The van der Waals surface area contributed by atoms with Crippen LogP contribution in [0.25, 0.3) is 0 Å². The fourth-order valence-electron chi connectivity index (χ4n) is 1.23. The normalized spacial score (nSPS) is 12.8. The number of hydrogen-bond donors (Lipinski definition) is 1. The molecule has 1 rings (SSSR count). The van der Waals surface area contributed by atoms with E-state index in [1.54, 1.807) is 12.4 Å². The molecule has 1 heterocycles. The molecular formula is C10H17N3. The second-order valence-electron chi connectivity index (χ2n) is 3.02. The molecule has 1 aromatic rings. The minimum atomic E-state index is 0.307. The largest absolute Gasteiger partial charge is 0.307 e. The summed E-state index contributed by atoms with van der Waals surface area (Å²) in [5, 5.41) is 3.41. The Hall–Kier alpha value is -0.960. The standard InChI is InChI=1S/C10H17N3/c1-3-6-11-9(4-2)10-12-7-5-8-13-10/h5,7-9,11H,3-4,6H2,1-2H3. The smallest absolute Gasteiger partial charge is 0.145 e. The molecule has 72 valence electrons. The van der Waals surface area contributed by atoms with Gasteiger partial charge in [-0.05, 0) is 25.5 Å². The Morgan fingerprint density at radius 3 is 2.54 bits per heavy atom. The average molecular weight is 179 g/mol. The third-order valence-electron chi connectivity index (χ3n) is 1.95. The van der Waals surface area contributed by atoms with Crippen LogP contribution in [0.15, 0.2) is 18.5 Å². The molecule has 1 atom stereocenters. The number of aromatic nitrogens is 2. The molecule has 3 nitrogen and oxygen atoms in total. The molecular weight excluding hydrogens is 162 g/mol. The fraction of sp³-hybridized carbons (Fsp3) is 0.600. The predicted molar refractivity (Wildman–Crippen MR) is 53.4 cm³/mol. The summed E-state index contributed by atoms with van der Waals surface area (Å²) < 4.78 is 0. The Labute approximate surface area is 79.6 Å². The van der Waals surface area contributed by atoms with Gasteiger partial charge in [0, 0.05) is 12.4 Å². The lowest BCUT2D eigenvalue weighted by atomic mass is 10.2. The Kier molecular flexibility index (Phi) is 4.40. The van der Waals surface area contributed by atoms with Crippen molar-refractivity contribution in [1.82, 2.24) is 15.3 Å². The summed E-state index contributed by atoms with van der Waals surface area (Å²) in [6.45, 7) is 5.33. The Bertz CT molecular complexity index is 223. The lowest BCUT2D eigenvalue weighted by molar-refractivity contribution is 0.494. The van der Waals surface area contributed by atoms with Gasteiger partial charge in [-0.2, -0.15) is 0 Å². The maximum atomic E-state index is 4.23. The lowest BCUT2D eigenvalue weighted by Crippen LogP contribution is -2.23. The van der Waals surface area contributed by atoms with E-state index in [1.807, 2.05) is 6.07 Å². The first kappa shape index (κ1) is 10.1. The first-order chi connectivity index (χ1) is 6.38. The highest BCUT2D eigenvalue weighted by molar-refractivity contribution is 4.95. The first-order valence-electron chi connectivity index (χ1n) is 4.88.